The van der Waals surface area contributed by atoms with E-state index in [4.69, 9.17) is 9.47 Å². The second-order valence-corrected chi connectivity index (χ2v) is 9.42. The minimum atomic E-state index is 0.199. The van der Waals surface area contributed by atoms with Gasteiger partial charge in [-0.15, -0.1) is 0 Å². The molecule has 0 spiro atoms. The molecule has 2 unspecified atom stereocenters. The molecule has 30 heavy (non-hydrogen) atoms. The first kappa shape index (κ1) is 23.0. The minimum Gasteiger partial charge on any atom is -0.381 e. The molecule has 2 aliphatic heterocycles. The second kappa shape index (κ2) is 11.1. The molecule has 2 heterocycles. The molecular formula is C24H40N4O2. The molecule has 0 aliphatic carbocycles. The first-order valence-corrected chi connectivity index (χ1v) is 11.4. The van der Waals surface area contributed by atoms with Crippen molar-refractivity contribution in [2.24, 2.45) is 10.9 Å². The molecule has 1 aromatic carbocycles. The summed E-state index contributed by atoms with van der Waals surface area (Å²) in [4.78, 5) is 6.98. The van der Waals surface area contributed by atoms with Crippen LogP contribution in [-0.4, -0.2) is 76.6 Å². The number of guanidine groups is 1. The highest BCUT2D eigenvalue weighted by atomic mass is 16.5. The van der Waals surface area contributed by atoms with Crippen molar-refractivity contribution < 1.29 is 9.47 Å². The van der Waals surface area contributed by atoms with Gasteiger partial charge in [0.05, 0.1) is 19.8 Å². The van der Waals surface area contributed by atoms with E-state index in [9.17, 15) is 0 Å². The van der Waals surface area contributed by atoms with Gasteiger partial charge in [0.25, 0.3) is 0 Å². The van der Waals surface area contributed by atoms with E-state index in [0.29, 0.717) is 12.0 Å². The van der Waals surface area contributed by atoms with Crippen molar-refractivity contribution in [3.05, 3.63) is 35.4 Å². The fourth-order valence-electron chi connectivity index (χ4n) is 4.28. The number of aliphatic imine (C=N–C) groups is 1. The van der Waals surface area contributed by atoms with Crippen LogP contribution in [0.25, 0.3) is 0 Å². The summed E-state index contributed by atoms with van der Waals surface area (Å²) < 4.78 is 11.2. The zero-order chi connectivity index (χ0) is 21.4. The van der Waals surface area contributed by atoms with Crippen LogP contribution in [0.3, 0.4) is 0 Å². The zero-order valence-corrected chi connectivity index (χ0v) is 19.2. The lowest BCUT2D eigenvalue weighted by molar-refractivity contribution is 0.00247. The van der Waals surface area contributed by atoms with Crippen molar-refractivity contribution in [1.29, 1.82) is 0 Å². The number of hydrogen-bond donors (Lipinski definition) is 2. The van der Waals surface area contributed by atoms with Crippen LogP contribution in [0.5, 0.6) is 0 Å². The maximum Gasteiger partial charge on any atom is 0.191 e. The largest absolute Gasteiger partial charge is 0.381 e. The van der Waals surface area contributed by atoms with Crippen molar-refractivity contribution in [2.45, 2.75) is 45.1 Å². The number of hydrogen-bond acceptors (Lipinski definition) is 4. The number of rotatable bonds is 7. The van der Waals surface area contributed by atoms with Crippen molar-refractivity contribution >= 4 is 5.96 Å². The number of ether oxygens (including phenoxy) is 2. The van der Waals surface area contributed by atoms with Crippen molar-refractivity contribution in [1.82, 2.24) is 15.5 Å². The molecule has 0 amide bonds. The van der Waals surface area contributed by atoms with E-state index >= 15 is 0 Å². The molecule has 0 radical (unpaired) electrons. The smallest absolute Gasteiger partial charge is 0.191 e. The lowest BCUT2D eigenvalue weighted by Crippen LogP contribution is -2.53. The average Bonchev–Trinajstić information content (AvgIpc) is 3.27. The Morgan fingerprint density at radius 2 is 1.83 bits per heavy atom. The third-order valence-corrected chi connectivity index (χ3v) is 6.25. The molecule has 2 fully saturated rings. The van der Waals surface area contributed by atoms with Gasteiger partial charge in [0.1, 0.15) is 0 Å². The van der Waals surface area contributed by atoms with Gasteiger partial charge in [0, 0.05) is 51.8 Å². The molecule has 3 rings (SSSR count). The Morgan fingerprint density at radius 1 is 1.10 bits per heavy atom. The summed E-state index contributed by atoms with van der Waals surface area (Å²) in [5, 5.41) is 7.04. The summed E-state index contributed by atoms with van der Waals surface area (Å²) in [5.41, 5.74) is 2.92. The fraction of sp³-hybridized carbons (Fsp3) is 0.708. The highest BCUT2D eigenvalue weighted by Crippen LogP contribution is 2.23. The molecule has 0 saturated carbocycles. The third kappa shape index (κ3) is 6.69. The van der Waals surface area contributed by atoms with Crippen molar-refractivity contribution in [3.8, 4) is 0 Å². The van der Waals surface area contributed by atoms with E-state index in [1.54, 1.807) is 0 Å². The van der Waals surface area contributed by atoms with Gasteiger partial charge in [-0.1, -0.05) is 45.0 Å². The summed E-state index contributed by atoms with van der Waals surface area (Å²) in [5.74, 6) is 1.45. The second-order valence-electron chi connectivity index (χ2n) is 9.42. The van der Waals surface area contributed by atoms with Gasteiger partial charge in [-0.3, -0.25) is 9.89 Å². The van der Waals surface area contributed by atoms with Crippen LogP contribution in [0.4, 0.5) is 0 Å². The van der Waals surface area contributed by atoms with Gasteiger partial charge >= 0.3 is 0 Å². The Hall–Kier alpha value is -1.63. The van der Waals surface area contributed by atoms with E-state index < -0.39 is 0 Å². The summed E-state index contributed by atoms with van der Waals surface area (Å²) in [6.45, 7) is 13.9. The first-order chi connectivity index (χ1) is 14.5. The van der Waals surface area contributed by atoms with Crippen LogP contribution < -0.4 is 10.6 Å². The van der Waals surface area contributed by atoms with Crippen molar-refractivity contribution in [2.75, 3.05) is 59.7 Å². The van der Waals surface area contributed by atoms with Gasteiger partial charge < -0.3 is 20.1 Å². The molecule has 0 aromatic heterocycles. The average molecular weight is 417 g/mol. The first-order valence-electron chi connectivity index (χ1n) is 11.4. The highest BCUT2D eigenvalue weighted by molar-refractivity contribution is 5.79. The Morgan fingerprint density at radius 3 is 2.43 bits per heavy atom. The summed E-state index contributed by atoms with van der Waals surface area (Å²) in [6.07, 6.45) is 2.12. The standard InChI is InChI=1S/C24H40N4O2/c1-24(2,3)21-7-5-19(6-8-21)9-11-26-23(25-4)27-17-22(20-10-14-30-18-20)28-12-15-29-16-13-28/h5-8,20,22H,9-18H2,1-4H3,(H2,25,26,27). The summed E-state index contributed by atoms with van der Waals surface area (Å²) in [7, 11) is 1.84. The van der Waals surface area contributed by atoms with Gasteiger partial charge in [-0.05, 0) is 29.4 Å². The number of nitrogens with zero attached hydrogens (tertiary/aromatic N) is 2. The third-order valence-electron chi connectivity index (χ3n) is 6.25. The molecule has 168 valence electrons. The SMILES string of the molecule is CN=C(NCCc1ccc(C(C)(C)C)cc1)NCC(C1CCOC1)N1CCOCC1. The van der Waals surface area contributed by atoms with Crippen LogP contribution in [0.2, 0.25) is 0 Å². The van der Waals surface area contributed by atoms with E-state index in [2.05, 4.69) is 65.6 Å². The quantitative estimate of drug-likeness (QED) is 0.528. The van der Waals surface area contributed by atoms with E-state index in [1.807, 2.05) is 7.05 Å². The number of morpholine rings is 1. The predicted molar refractivity (Wildman–Crippen MR) is 123 cm³/mol. The number of nitrogens with one attached hydrogen (secondary N) is 2. The highest BCUT2D eigenvalue weighted by Gasteiger charge is 2.31. The molecule has 0 bridgehead atoms. The molecule has 2 atom stereocenters. The fourth-order valence-corrected chi connectivity index (χ4v) is 4.28. The monoisotopic (exact) mass is 416 g/mol. The van der Waals surface area contributed by atoms with Crippen LogP contribution in [0.1, 0.15) is 38.3 Å². The molecule has 2 N–H and O–H groups in total. The van der Waals surface area contributed by atoms with Gasteiger partial charge in [0.15, 0.2) is 5.96 Å². The minimum absolute atomic E-state index is 0.199. The molecular weight excluding hydrogens is 376 g/mol. The van der Waals surface area contributed by atoms with E-state index in [0.717, 1.165) is 71.4 Å². The summed E-state index contributed by atoms with van der Waals surface area (Å²) >= 11 is 0. The van der Waals surface area contributed by atoms with E-state index in [1.165, 1.54) is 11.1 Å². The molecule has 2 aliphatic rings. The lowest BCUT2D eigenvalue weighted by atomic mass is 9.86. The van der Waals surface area contributed by atoms with Crippen LogP contribution in [-0.2, 0) is 21.3 Å². The predicted octanol–water partition coefficient (Wildman–Crippen LogP) is 2.43. The Labute approximate surface area is 182 Å². The zero-order valence-electron chi connectivity index (χ0n) is 19.2. The summed E-state index contributed by atoms with van der Waals surface area (Å²) in [6, 6.07) is 9.44. The Kier molecular flexibility index (Phi) is 8.54. The maximum atomic E-state index is 5.67. The molecule has 6 nitrogen and oxygen atoms in total. The number of benzene rings is 1. The Balaban J connectivity index is 1.47. The molecule has 1 aromatic rings. The van der Waals surface area contributed by atoms with Crippen molar-refractivity contribution in [3.63, 3.8) is 0 Å². The molecule has 2 saturated heterocycles. The normalized spacial score (nSPS) is 22.1. The topological polar surface area (TPSA) is 58.1 Å². The molecule has 6 heteroatoms. The van der Waals surface area contributed by atoms with Crippen LogP contribution in [0, 0.1) is 5.92 Å². The van der Waals surface area contributed by atoms with Crippen LogP contribution >= 0.6 is 0 Å². The van der Waals surface area contributed by atoms with Gasteiger partial charge in [0.2, 0.25) is 0 Å². The van der Waals surface area contributed by atoms with Gasteiger partial charge in [-0.25, -0.2) is 0 Å². The Bertz CT molecular complexity index is 657. The maximum absolute atomic E-state index is 5.67. The van der Waals surface area contributed by atoms with E-state index in [-0.39, 0.29) is 5.41 Å². The van der Waals surface area contributed by atoms with Crippen LogP contribution in [0.15, 0.2) is 29.3 Å². The van der Waals surface area contributed by atoms with Gasteiger partial charge in [-0.2, -0.15) is 0 Å². The lowest BCUT2D eigenvalue weighted by Gasteiger charge is -2.37.